The van der Waals surface area contributed by atoms with Crippen LogP contribution in [0.2, 0.25) is 0 Å². The molecule has 0 saturated heterocycles. The SMILES string of the molecule is NCC1(CCNCCCC(F)(F)F)CCCCC1. The maximum atomic E-state index is 11.9. The highest BCUT2D eigenvalue weighted by Crippen LogP contribution is 2.37. The Morgan fingerprint density at radius 1 is 1.06 bits per heavy atom. The maximum absolute atomic E-state index is 11.9. The summed E-state index contributed by atoms with van der Waals surface area (Å²) in [6.45, 7) is 1.94. The zero-order valence-electron chi connectivity index (χ0n) is 11.0. The summed E-state index contributed by atoms with van der Waals surface area (Å²) < 4.78 is 35.8. The second kappa shape index (κ2) is 7.34. The summed E-state index contributed by atoms with van der Waals surface area (Å²) in [5.41, 5.74) is 6.11. The monoisotopic (exact) mass is 266 g/mol. The van der Waals surface area contributed by atoms with E-state index in [0.29, 0.717) is 13.1 Å². The molecule has 1 aliphatic rings. The van der Waals surface area contributed by atoms with Crippen molar-refractivity contribution in [1.82, 2.24) is 5.32 Å². The van der Waals surface area contributed by atoms with Gasteiger partial charge in [0, 0.05) is 6.42 Å². The lowest BCUT2D eigenvalue weighted by atomic mass is 9.72. The number of nitrogens with two attached hydrogens (primary N) is 1. The standard InChI is InChI=1S/C13H25F3N2/c14-13(15,16)7-4-9-18-10-8-12(11-17)5-2-1-3-6-12/h18H,1-11,17H2. The van der Waals surface area contributed by atoms with E-state index in [2.05, 4.69) is 5.32 Å². The van der Waals surface area contributed by atoms with Crippen LogP contribution in [0.15, 0.2) is 0 Å². The summed E-state index contributed by atoms with van der Waals surface area (Å²) in [6.07, 6.45) is 2.57. The molecule has 1 rings (SSSR count). The van der Waals surface area contributed by atoms with Crippen molar-refractivity contribution in [3.8, 4) is 0 Å². The van der Waals surface area contributed by atoms with Gasteiger partial charge in [0.05, 0.1) is 0 Å². The van der Waals surface area contributed by atoms with Crippen molar-refractivity contribution in [3.63, 3.8) is 0 Å². The second-order valence-electron chi connectivity index (χ2n) is 5.48. The first-order valence-corrected chi connectivity index (χ1v) is 6.95. The molecule has 18 heavy (non-hydrogen) atoms. The Labute approximate surface area is 107 Å². The lowest BCUT2D eigenvalue weighted by molar-refractivity contribution is -0.135. The van der Waals surface area contributed by atoms with Gasteiger partial charge in [0.25, 0.3) is 0 Å². The molecular weight excluding hydrogens is 241 g/mol. The number of alkyl halides is 3. The van der Waals surface area contributed by atoms with Crippen molar-refractivity contribution in [1.29, 1.82) is 0 Å². The highest BCUT2D eigenvalue weighted by Gasteiger charge is 2.30. The van der Waals surface area contributed by atoms with Crippen molar-refractivity contribution in [3.05, 3.63) is 0 Å². The van der Waals surface area contributed by atoms with E-state index in [1.807, 2.05) is 0 Å². The molecule has 0 unspecified atom stereocenters. The molecular formula is C13H25F3N2. The predicted octanol–water partition coefficient (Wildman–Crippen LogP) is 3.22. The average Bonchev–Trinajstić information content (AvgIpc) is 2.33. The third-order valence-electron chi connectivity index (χ3n) is 3.99. The Hall–Kier alpha value is -0.290. The van der Waals surface area contributed by atoms with Crippen LogP contribution in [0.25, 0.3) is 0 Å². The van der Waals surface area contributed by atoms with Crippen LogP contribution >= 0.6 is 0 Å². The summed E-state index contributed by atoms with van der Waals surface area (Å²) >= 11 is 0. The van der Waals surface area contributed by atoms with Gasteiger partial charge in [-0.15, -0.1) is 0 Å². The molecule has 0 radical (unpaired) electrons. The molecule has 0 amide bonds. The molecule has 0 aromatic carbocycles. The molecule has 1 fully saturated rings. The van der Waals surface area contributed by atoms with Crippen LogP contribution in [-0.4, -0.2) is 25.8 Å². The van der Waals surface area contributed by atoms with Gasteiger partial charge in [-0.1, -0.05) is 19.3 Å². The van der Waals surface area contributed by atoms with Crippen LogP contribution in [0.3, 0.4) is 0 Å². The fourth-order valence-corrected chi connectivity index (χ4v) is 2.75. The smallest absolute Gasteiger partial charge is 0.330 e. The molecule has 0 aliphatic heterocycles. The molecule has 108 valence electrons. The summed E-state index contributed by atoms with van der Waals surface area (Å²) in [6, 6.07) is 0. The van der Waals surface area contributed by atoms with Gasteiger partial charge in [0.2, 0.25) is 0 Å². The predicted molar refractivity (Wildman–Crippen MR) is 67.3 cm³/mol. The Bertz CT molecular complexity index is 223. The van der Waals surface area contributed by atoms with Crippen LogP contribution in [0, 0.1) is 5.41 Å². The highest BCUT2D eigenvalue weighted by molar-refractivity contribution is 4.84. The summed E-state index contributed by atoms with van der Waals surface area (Å²) in [4.78, 5) is 0. The van der Waals surface area contributed by atoms with Gasteiger partial charge in [0.1, 0.15) is 0 Å². The molecule has 1 saturated carbocycles. The zero-order chi connectivity index (χ0) is 13.5. The van der Waals surface area contributed by atoms with E-state index in [9.17, 15) is 13.2 Å². The number of nitrogens with one attached hydrogen (secondary N) is 1. The second-order valence-corrected chi connectivity index (χ2v) is 5.48. The summed E-state index contributed by atoms with van der Waals surface area (Å²) in [5, 5.41) is 3.11. The molecule has 0 heterocycles. The number of hydrogen-bond donors (Lipinski definition) is 2. The quantitative estimate of drug-likeness (QED) is 0.694. The van der Waals surface area contributed by atoms with E-state index in [1.54, 1.807) is 0 Å². The van der Waals surface area contributed by atoms with E-state index in [0.717, 1.165) is 13.0 Å². The van der Waals surface area contributed by atoms with E-state index in [4.69, 9.17) is 5.73 Å². The Kier molecular flexibility index (Phi) is 6.43. The fraction of sp³-hybridized carbons (Fsp3) is 1.00. The van der Waals surface area contributed by atoms with Crippen molar-refractivity contribution in [2.45, 2.75) is 57.5 Å². The van der Waals surface area contributed by atoms with Crippen LogP contribution in [0.4, 0.5) is 13.2 Å². The fourth-order valence-electron chi connectivity index (χ4n) is 2.75. The van der Waals surface area contributed by atoms with Gasteiger partial charge in [-0.25, -0.2) is 0 Å². The number of halogens is 3. The van der Waals surface area contributed by atoms with Crippen molar-refractivity contribution < 1.29 is 13.2 Å². The first kappa shape index (κ1) is 15.8. The molecule has 3 N–H and O–H groups in total. The van der Waals surface area contributed by atoms with Crippen molar-refractivity contribution in [2.75, 3.05) is 19.6 Å². The van der Waals surface area contributed by atoms with Gasteiger partial charge in [-0.3, -0.25) is 0 Å². The Balaban J connectivity index is 2.09. The lowest BCUT2D eigenvalue weighted by Crippen LogP contribution is -2.36. The average molecular weight is 266 g/mol. The minimum absolute atomic E-state index is 0.166. The molecule has 0 aromatic heterocycles. The van der Waals surface area contributed by atoms with E-state index < -0.39 is 12.6 Å². The third-order valence-corrected chi connectivity index (χ3v) is 3.99. The highest BCUT2D eigenvalue weighted by atomic mass is 19.4. The summed E-state index contributed by atoms with van der Waals surface area (Å²) in [5.74, 6) is 0. The number of rotatable bonds is 7. The lowest BCUT2D eigenvalue weighted by Gasteiger charge is -2.36. The van der Waals surface area contributed by atoms with E-state index >= 15 is 0 Å². The topological polar surface area (TPSA) is 38.0 Å². The summed E-state index contributed by atoms with van der Waals surface area (Å²) in [7, 11) is 0. The Morgan fingerprint density at radius 3 is 2.28 bits per heavy atom. The largest absolute Gasteiger partial charge is 0.389 e. The maximum Gasteiger partial charge on any atom is 0.389 e. The number of hydrogen-bond acceptors (Lipinski definition) is 2. The van der Waals surface area contributed by atoms with E-state index in [1.165, 1.54) is 32.1 Å². The molecule has 0 spiro atoms. The minimum atomic E-state index is -4.02. The molecule has 0 aromatic rings. The van der Waals surface area contributed by atoms with E-state index in [-0.39, 0.29) is 11.8 Å². The Morgan fingerprint density at radius 2 is 1.72 bits per heavy atom. The van der Waals surface area contributed by atoms with Crippen LogP contribution < -0.4 is 11.1 Å². The van der Waals surface area contributed by atoms with Gasteiger partial charge in [-0.2, -0.15) is 13.2 Å². The van der Waals surface area contributed by atoms with Gasteiger partial charge >= 0.3 is 6.18 Å². The molecule has 0 atom stereocenters. The molecule has 0 bridgehead atoms. The van der Waals surface area contributed by atoms with Crippen molar-refractivity contribution in [2.24, 2.45) is 11.1 Å². The minimum Gasteiger partial charge on any atom is -0.330 e. The molecule has 5 heteroatoms. The molecule has 2 nitrogen and oxygen atoms in total. The zero-order valence-corrected chi connectivity index (χ0v) is 11.0. The van der Waals surface area contributed by atoms with Gasteiger partial charge in [-0.05, 0) is 50.7 Å². The van der Waals surface area contributed by atoms with Gasteiger partial charge < -0.3 is 11.1 Å². The van der Waals surface area contributed by atoms with Crippen LogP contribution in [0.5, 0.6) is 0 Å². The third kappa shape index (κ3) is 6.05. The van der Waals surface area contributed by atoms with Crippen molar-refractivity contribution >= 4 is 0 Å². The van der Waals surface area contributed by atoms with Crippen LogP contribution in [0.1, 0.15) is 51.4 Å². The van der Waals surface area contributed by atoms with Gasteiger partial charge in [0.15, 0.2) is 0 Å². The van der Waals surface area contributed by atoms with Crippen LogP contribution in [-0.2, 0) is 0 Å². The first-order valence-electron chi connectivity index (χ1n) is 6.95. The first-order chi connectivity index (χ1) is 8.47. The molecule has 1 aliphatic carbocycles. The normalized spacial score (nSPS) is 20.0.